The van der Waals surface area contributed by atoms with Crippen LogP contribution in [0.15, 0.2) is 29.8 Å². The third-order valence-electron chi connectivity index (χ3n) is 1.99. The van der Waals surface area contributed by atoms with Gasteiger partial charge in [0.25, 0.3) is 0 Å². The quantitative estimate of drug-likeness (QED) is 0.834. The zero-order valence-corrected chi connectivity index (χ0v) is 10.9. The lowest BCUT2D eigenvalue weighted by atomic mass is 10.3. The molecule has 6 heteroatoms. The Morgan fingerprint density at radius 1 is 1.41 bits per heavy atom. The van der Waals surface area contributed by atoms with Crippen molar-refractivity contribution in [2.24, 2.45) is 0 Å². The first-order chi connectivity index (χ1) is 8.29. The zero-order valence-electron chi connectivity index (χ0n) is 9.30. The Morgan fingerprint density at radius 2 is 2.29 bits per heavy atom. The largest absolute Gasteiger partial charge is 0.363 e. The van der Waals surface area contributed by atoms with Crippen LogP contribution < -0.4 is 10.6 Å². The lowest BCUT2D eigenvalue weighted by Crippen LogP contribution is -2.27. The van der Waals surface area contributed by atoms with Gasteiger partial charge in [0.1, 0.15) is 5.69 Å². The second-order valence-electron chi connectivity index (χ2n) is 3.24. The molecule has 0 aliphatic rings. The first kappa shape index (κ1) is 11.9. The molecule has 0 saturated carbocycles. The molecule has 2 aromatic rings. The van der Waals surface area contributed by atoms with E-state index in [-0.39, 0.29) is 0 Å². The standard InChI is InChI=1S/C11H12N4S2/c1-2-12-10(16)15-11-14-9(7-17-11)8-5-3-4-6-13-8/h3-7H,2H2,1H3,(H2,12,14,15,16). The summed E-state index contributed by atoms with van der Waals surface area (Å²) in [6.07, 6.45) is 1.76. The summed E-state index contributed by atoms with van der Waals surface area (Å²) < 4.78 is 0. The van der Waals surface area contributed by atoms with Gasteiger partial charge in [-0.15, -0.1) is 11.3 Å². The Kier molecular flexibility index (Phi) is 4.00. The predicted octanol–water partition coefficient (Wildman–Crippen LogP) is 2.51. The number of anilines is 1. The Morgan fingerprint density at radius 3 is 3.00 bits per heavy atom. The molecule has 0 unspecified atom stereocenters. The highest BCUT2D eigenvalue weighted by atomic mass is 32.1. The van der Waals surface area contributed by atoms with Gasteiger partial charge >= 0.3 is 0 Å². The van der Waals surface area contributed by atoms with Crippen LogP contribution in [0.25, 0.3) is 11.4 Å². The first-order valence-electron chi connectivity index (χ1n) is 5.21. The molecule has 0 aliphatic carbocycles. The normalized spacial score (nSPS) is 9.94. The van der Waals surface area contributed by atoms with Gasteiger partial charge in [-0.3, -0.25) is 4.98 Å². The van der Waals surface area contributed by atoms with E-state index in [1.54, 1.807) is 6.20 Å². The van der Waals surface area contributed by atoms with Crippen molar-refractivity contribution in [1.82, 2.24) is 15.3 Å². The first-order valence-corrected chi connectivity index (χ1v) is 6.50. The number of rotatable bonds is 3. The third-order valence-corrected chi connectivity index (χ3v) is 2.99. The van der Waals surface area contributed by atoms with Gasteiger partial charge in [0.15, 0.2) is 10.2 Å². The average Bonchev–Trinajstić information content (AvgIpc) is 2.79. The van der Waals surface area contributed by atoms with Crippen LogP contribution in [-0.2, 0) is 0 Å². The molecule has 0 radical (unpaired) electrons. The van der Waals surface area contributed by atoms with Crippen molar-refractivity contribution in [3.05, 3.63) is 29.8 Å². The Balaban J connectivity index is 2.09. The van der Waals surface area contributed by atoms with Crippen LogP contribution in [0, 0.1) is 0 Å². The van der Waals surface area contributed by atoms with Crippen LogP contribution >= 0.6 is 23.6 Å². The number of thiazole rings is 1. The van der Waals surface area contributed by atoms with Gasteiger partial charge in [0.05, 0.1) is 5.69 Å². The molecule has 2 heterocycles. The second-order valence-corrected chi connectivity index (χ2v) is 4.50. The van der Waals surface area contributed by atoms with Crippen molar-refractivity contribution in [2.45, 2.75) is 6.92 Å². The molecule has 0 saturated heterocycles. The van der Waals surface area contributed by atoms with Gasteiger partial charge in [0.2, 0.25) is 0 Å². The van der Waals surface area contributed by atoms with Gasteiger partial charge in [-0.1, -0.05) is 6.07 Å². The van der Waals surface area contributed by atoms with Crippen LogP contribution in [0.3, 0.4) is 0 Å². The van der Waals surface area contributed by atoms with Crippen molar-refractivity contribution in [3.8, 4) is 11.4 Å². The fraction of sp³-hybridized carbons (Fsp3) is 0.182. The van der Waals surface area contributed by atoms with Crippen LogP contribution in [0.1, 0.15) is 6.92 Å². The molecule has 2 N–H and O–H groups in total. The summed E-state index contributed by atoms with van der Waals surface area (Å²) in [5, 5.41) is 9.37. The van der Waals surface area contributed by atoms with E-state index in [0.717, 1.165) is 23.1 Å². The molecule has 0 aromatic carbocycles. The SMILES string of the molecule is CCNC(=S)Nc1nc(-c2ccccn2)cs1. The number of aromatic nitrogens is 2. The minimum atomic E-state index is 0.592. The lowest BCUT2D eigenvalue weighted by Gasteiger charge is -2.04. The molecular weight excluding hydrogens is 252 g/mol. The fourth-order valence-electron chi connectivity index (χ4n) is 1.26. The van der Waals surface area contributed by atoms with Gasteiger partial charge in [0, 0.05) is 18.1 Å². The zero-order chi connectivity index (χ0) is 12.1. The minimum absolute atomic E-state index is 0.592. The summed E-state index contributed by atoms with van der Waals surface area (Å²) >= 11 is 6.60. The van der Waals surface area contributed by atoms with Crippen molar-refractivity contribution >= 4 is 33.8 Å². The number of hydrogen-bond donors (Lipinski definition) is 2. The van der Waals surface area contributed by atoms with Gasteiger partial charge in [-0.25, -0.2) is 4.98 Å². The number of nitrogens with one attached hydrogen (secondary N) is 2. The molecule has 4 nitrogen and oxygen atoms in total. The Hall–Kier alpha value is -1.53. The van der Waals surface area contributed by atoms with E-state index in [1.807, 2.05) is 30.5 Å². The summed E-state index contributed by atoms with van der Waals surface area (Å²) in [4.78, 5) is 8.67. The number of hydrogen-bond acceptors (Lipinski definition) is 4. The number of nitrogens with zero attached hydrogens (tertiary/aromatic N) is 2. The molecule has 0 amide bonds. The highest BCUT2D eigenvalue weighted by Gasteiger charge is 2.05. The minimum Gasteiger partial charge on any atom is -0.363 e. The highest BCUT2D eigenvalue weighted by Crippen LogP contribution is 2.22. The summed E-state index contributed by atoms with van der Waals surface area (Å²) in [6.45, 7) is 2.79. The smallest absolute Gasteiger partial charge is 0.189 e. The van der Waals surface area contributed by atoms with Crippen LogP contribution in [-0.4, -0.2) is 21.6 Å². The third kappa shape index (κ3) is 3.21. The van der Waals surface area contributed by atoms with Crippen LogP contribution in [0.5, 0.6) is 0 Å². The van der Waals surface area contributed by atoms with Gasteiger partial charge in [-0.2, -0.15) is 0 Å². The molecule has 88 valence electrons. The Bertz CT molecular complexity index is 495. The van der Waals surface area contributed by atoms with Gasteiger partial charge < -0.3 is 10.6 Å². The Labute approximate surface area is 109 Å². The van der Waals surface area contributed by atoms with E-state index in [9.17, 15) is 0 Å². The molecule has 0 fully saturated rings. The van der Waals surface area contributed by atoms with E-state index in [0.29, 0.717) is 5.11 Å². The fourth-order valence-corrected chi connectivity index (χ4v) is 2.28. The molecule has 0 spiro atoms. The predicted molar refractivity (Wildman–Crippen MR) is 75.2 cm³/mol. The molecule has 17 heavy (non-hydrogen) atoms. The monoisotopic (exact) mass is 264 g/mol. The summed E-state index contributed by atoms with van der Waals surface area (Å²) in [7, 11) is 0. The topological polar surface area (TPSA) is 49.8 Å². The maximum absolute atomic E-state index is 5.09. The highest BCUT2D eigenvalue weighted by molar-refractivity contribution is 7.80. The van der Waals surface area contributed by atoms with Gasteiger partial charge in [-0.05, 0) is 31.3 Å². The molecule has 0 atom stereocenters. The van der Waals surface area contributed by atoms with E-state index in [1.165, 1.54) is 11.3 Å². The van der Waals surface area contributed by atoms with Crippen molar-refractivity contribution < 1.29 is 0 Å². The van der Waals surface area contributed by atoms with E-state index in [4.69, 9.17) is 12.2 Å². The lowest BCUT2D eigenvalue weighted by molar-refractivity contribution is 0.979. The molecule has 2 aromatic heterocycles. The average molecular weight is 264 g/mol. The van der Waals surface area contributed by atoms with Crippen molar-refractivity contribution in [1.29, 1.82) is 0 Å². The molecule has 2 rings (SSSR count). The van der Waals surface area contributed by atoms with Crippen molar-refractivity contribution in [2.75, 3.05) is 11.9 Å². The van der Waals surface area contributed by atoms with E-state index in [2.05, 4.69) is 20.6 Å². The maximum Gasteiger partial charge on any atom is 0.189 e. The molecule has 0 bridgehead atoms. The summed E-state index contributed by atoms with van der Waals surface area (Å²) in [5.74, 6) is 0. The second kappa shape index (κ2) is 5.70. The maximum atomic E-state index is 5.09. The molecule has 0 aliphatic heterocycles. The molecular formula is C11H12N4S2. The summed E-state index contributed by atoms with van der Waals surface area (Å²) in [5.41, 5.74) is 1.73. The number of thiocarbonyl (C=S) groups is 1. The van der Waals surface area contributed by atoms with Crippen molar-refractivity contribution in [3.63, 3.8) is 0 Å². The van der Waals surface area contributed by atoms with Crippen LogP contribution in [0.4, 0.5) is 5.13 Å². The number of pyridine rings is 1. The van der Waals surface area contributed by atoms with Crippen LogP contribution in [0.2, 0.25) is 0 Å². The summed E-state index contributed by atoms with van der Waals surface area (Å²) in [6, 6.07) is 5.76. The van der Waals surface area contributed by atoms with E-state index >= 15 is 0 Å². The van der Waals surface area contributed by atoms with E-state index < -0.39 is 0 Å².